The minimum absolute atomic E-state index is 0.138. The molecule has 0 aliphatic carbocycles. The zero-order chi connectivity index (χ0) is 32.8. The van der Waals surface area contributed by atoms with Crippen LogP contribution in [0.5, 0.6) is 23.0 Å². The van der Waals surface area contributed by atoms with Crippen LogP contribution in [-0.4, -0.2) is 56.6 Å². The van der Waals surface area contributed by atoms with Crippen LogP contribution in [-0.2, 0) is 19.1 Å². The van der Waals surface area contributed by atoms with Crippen molar-refractivity contribution in [1.82, 2.24) is 4.57 Å². The van der Waals surface area contributed by atoms with Gasteiger partial charge < -0.3 is 28.4 Å². The lowest BCUT2D eigenvalue weighted by Gasteiger charge is -2.25. The smallest absolute Gasteiger partial charge is 0.343 e. The van der Waals surface area contributed by atoms with Crippen molar-refractivity contribution in [2.45, 2.75) is 46.8 Å². The summed E-state index contributed by atoms with van der Waals surface area (Å²) in [5.74, 6) is 0.567. The van der Waals surface area contributed by atoms with Gasteiger partial charge in [-0.05, 0) is 93.1 Å². The number of aromatic nitrogens is 1. The molecule has 0 unspecified atom stereocenters. The maximum atomic E-state index is 14.2. The normalized spacial score (nSPS) is 14.5. The van der Waals surface area contributed by atoms with Crippen LogP contribution in [0, 0.1) is 3.57 Å². The molecule has 11 nitrogen and oxygen atoms in total. The fraction of sp³-hybridized carbons (Fsp3) is 0.375. The SMILES string of the molecule is CCOC(=O)C1=C(C)N=c2s/c(=C/c3cc(I)cc(OC)c3OC(C)C)c(=O)n2[C@@H]1c1ccc(OCC(=O)OC)c(OCC)c1. The number of rotatable bonds is 12. The molecule has 0 amide bonds. The Kier molecular flexibility index (Phi) is 11.3. The van der Waals surface area contributed by atoms with Crippen molar-refractivity contribution in [3.63, 3.8) is 0 Å². The Morgan fingerprint density at radius 3 is 2.47 bits per heavy atom. The van der Waals surface area contributed by atoms with Gasteiger partial charge in [0.1, 0.15) is 0 Å². The number of nitrogens with zero attached hydrogens (tertiary/aromatic N) is 2. The van der Waals surface area contributed by atoms with Crippen LogP contribution in [0.1, 0.15) is 51.8 Å². The highest BCUT2D eigenvalue weighted by molar-refractivity contribution is 14.1. The summed E-state index contributed by atoms with van der Waals surface area (Å²) >= 11 is 3.39. The number of halogens is 1. The van der Waals surface area contributed by atoms with Crippen molar-refractivity contribution in [2.24, 2.45) is 4.99 Å². The molecular weight excluding hydrogens is 715 g/mol. The first-order valence-electron chi connectivity index (χ1n) is 14.2. The molecule has 0 N–H and O–H groups in total. The second-order valence-corrected chi connectivity index (χ2v) is 12.3. The highest BCUT2D eigenvalue weighted by Crippen LogP contribution is 2.37. The molecule has 0 spiro atoms. The fourth-order valence-corrected chi connectivity index (χ4v) is 6.39. The van der Waals surface area contributed by atoms with E-state index in [1.807, 2.05) is 32.9 Å². The van der Waals surface area contributed by atoms with Crippen LogP contribution in [0.25, 0.3) is 6.08 Å². The van der Waals surface area contributed by atoms with E-state index in [0.717, 1.165) is 3.57 Å². The van der Waals surface area contributed by atoms with Gasteiger partial charge in [-0.1, -0.05) is 17.4 Å². The Labute approximate surface area is 278 Å². The highest BCUT2D eigenvalue weighted by Gasteiger charge is 2.34. The van der Waals surface area contributed by atoms with E-state index in [4.69, 9.17) is 23.7 Å². The van der Waals surface area contributed by atoms with Crippen molar-refractivity contribution < 1.29 is 38.0 Å². The Bertz CT molecular complexity index is 1810. The van der Waals surface area contributed by atoms with Crippen LogP contribution in [0.4, 0.5) is 0 Å². The van der Waals surface area contributed by atoms with E-state index < -0.39 is 18.0 Å². The Balaban J connectivity index is 1.95. The average molecular weight is 751 g/mol. The van der Waals surface area contributed by atoms with Crippen molar-refractivity contribution in [3.05, 3.63) is 76.0 Å². The van der Waals surface area contributed by atoms with E-state index in [1.165, 1.54) is 23.0 Å². The number of esters is 2. The zero-order valence-corrected chi connectivity index (χ0v) is 29.1. The van der Waals surface area contributed by atoms with Crippen LogP contribution in [0.2, 0.25) is 0 Å². The molecule has 0 saturated carbocycles. The standard InChI is InChI=1S/C32H35IN2O9S/c1-8-41-23-13-19(10-11-22(23)43-16-26(36)40-7)28-27(31(38)42-9-2)18(5)34-32-35(28)30(37)25(45-32)14-20-12-21(33)15-24(39-6)29(20)44-17(3)4/h10-15,17,28H,8-9,16H2,1-7H3/b25-14+/t28-/m1/s1. The first-order chi connectivity index (χ1) is 21.5. The summed E-state index contributed by atoms with van der Waals surface area (Å²) in [5, 5.41) is 0. The third-order valence-electron chi connectivity index (χ3n) is 6.58. The molecule has 0 saturated heterocycles. The molecule has 0 bridgehead atoms. The molecule has 13 heteroatoms. The van der Waals surface area contributed by atoms with Gasteiger partial charge in [0, 0.05) is 9.13 Å². The number of thiazole rings is 1. The average Bonchev–Trinajstić information content (AvgIpc) is 3.30. The molecule has 0 fully saturated rings. The molecule has 45 heavy (non-hydrogen) atoms. The van der Waals surface area contributed by atoms with Crippen LogP contribution >= 0.6 is 33.9 Å². The Morgan fingerprint density at radius 1 is 1.07 bits per heavy atom. The first-order valence-corrected chi connectivity index (χ1v) is 16.1. The van der Waals surface area contributed by atoms with Gasteiger partial charge in [-0.2, -0.15) is 0 Å². The van der Waals surface area contributed by atoms with Crippen molar-refractivity contribution in [2.75, 3.05) is 34.0 Å². The minimum Gasteiger partial charge on any atom is -0.493 e. The van der Waals surface area contributed by atoms with Crippen molar-refractivity contribution in [1.29, 1.82) is 0 Å². The molecule has 2 aromatic carbocycles. The van der Waals surface area contributed by atoms with E-state index in [9.17, 15) is 14.4 Å². The highest BCUT2D eigenvalue weighted by atomic mass is 127. The van der Waals surface area contributed by atoms with E-state index in [-0.39, 0.29) is 30.5 Å². The molecule has 3 aromatic rings. The van der Waals surface area contributed by atoms with Gasteiger partial charge in [-0.15, -0.1) is 0 Å². The number of benzene rings is 2. The van der Waals surface area contributed by atoms with E-state index in [2.05, 4.69) is 32.3 Å². The molecular formula is C32H35IN2O9S. The number of ether oxygens (including phenoxy) is 6. The number of methoxy groups -OCH3 is 2. The summed E-state index contributed by atoms with van der Waals surface area (Å²) in [7, 11) is 2.84. The summed E-state index contributed by atoms with van der Waals surface area (Å²) in [6.07, 6.45) is 1.61. The van der Waals surface area contributed by atoms with Crippen molar-refractivity contribution >= 4 is 51.9 Å². The lowest BCUT2D eigenvalue weighted by atomic mass is 9.95. The lowest BCUT2D eigenvalue weighted by Crippen LogP contribution is -2.40. The van der Waals surface area contributed by atoms with Crippen LogP contribution in [0.15, 0.2) is 51.4 Å². The monoisotopic (exact) mass is 750 g/mol. The second-order valence-electron chi connectivity index (χ2n) is 10.00. The number of hydrogen-bond donors (Lipinski definition) is 0. The second kappa shape index (κ2) is 15.0. The maximum absolute atomic E-state index is 14.2. The summed E-state index contributed by atoms with van der Waals surface area (Å²) < 4.78 is 36.0. The predicted octanol–water partition coefficient (Wildman–Crippen LogP) is 4.15. The number of fused-ring (bicyclic) bond motifs is 1. The molecule has 1 atom stereocenters. The summed E-state index contributed by atoms with van der Waals surface area (Å²) in [4.78, 5) is 44.4. The summed E-state index contributed by atoms with van der Waals surface area (Å²) in [5.41, 5.74) is 1.53. The molecule has 0 radical (unpaired) electrons. The van der Waals surface area contributed by atoms with Crippen LogP contribution < -0.4 is 33.8 Å². The third-order valence-corrected chi connectivity index (χ3v) is 8.19. The topological polar surface area (TPSA) is 124 Å². The zero-order valence-electron chi connectivity index (χ0n) is 26.1. The predicted molar refractivity (Wildman–Crippen MR) is 177 cm³/mol. The van der Waals surface area contributed by atoms with E-state index in [0.29, 0.717) is 55.8 Å². The molecule has 4 rings (SSSR count). The number of hydrogen-bond acceptors (Lipinski definition) is 11. The number of allylic oxidation sites excluding steroid dienone is 1. The molecule has 240 valence electrons. The van der Waals surface area contributed by atoms with Gasteiger partial charge in [0.05, 0.1) is 55.4 Å². The summed E-state index contributed by atoms with van der Waals surface area (Å²) in [6, 6.07) is 7.93. The maximum Gasteiger partial charge on any atom is 0.343 e. The van der Waals surface area contributed by atoms with Gasteiger partial charge in [-0.3, -0.25) is 9.36 Å². The largest absolute Gasteiger partial charge is 0.493 e. The fourth-order valence-electron chi connectivity index (χ4n) is 4.74. The quantitative estimate of drug-likeness (QED) is 0.199. The summed E-state index contributed by atoms with van der Waals surface area (Å²) in [6.45, 7) is 9.20. The minimum atomic E-state index is -0.881. The van der Waals surface area contributed by atoms with Gasteiger partial charge in [-0.25, -0.2) is 14.6 Å². The van der Waals surface area contributed by atoms with Gasteiger partial charge in [0.25, 0.3) is 5.56 Å². The Morgan fingerprint density at radius 2 is 1.82 bits per heavy atom. The lowest BCUT2D eigenvalue weighted by molar-refractivity contribution is -0.143. The third kappa shape index (κ3) is 7.52. The number of carbonyl (C=O) groups is 2. The van der Waals surface area contributed by atoms with Crippen LogP contribution in [0.3, 0.4) is 0 Å². The van der Waals surface area contributed by atoms with Gasteiger partial charge >= 0.3 is 11.9 Å². The molecule has 1 aliphatic heterocycles. The van der Waals surface area contributed by atoms with E-state index in [1.54, 1.807) is 45.2 Å². The molecule has 1 aliphatic rings. The van der Waals surface area contributed by atoms with Gasteiger partial charge in [0.2, 0.25) is 0 Å². The van der Waals surface area contributed by atoms with E-state index >= 15 is 0 Å². The number of carbonyl (C=O) groups excluding carboxylic acids is 2. The van der Waals surface area contributed by atoms with Crippen molar-refractivity contribution in [3.8, 4) is 23.0 Å². The first kappa shape index (κ1) is 34.0. The van der Waals surface area contributed by atoms with Gasteiger partial charge in [0.15, 0.2) is 34.4 Å². The Hall–Kier alpha value is -3.85. The molecule has 2 heterocycles. The molecule has 1 aromatic heterocycles.